The monoisotopic (exact) mass is 363 g/mol. The Labute approximate surface area is 146 Å². The molecule has 5 nitrogen and oxygen atoms in total. The van der Waals surface area contributed by atoms with Crippen LogP contribution in [0.15, 0.2) is 17.6 Å². The fraction of sp³-hybridized carbons (Fsp3) is 0.812. The molecule has 1 saturated heterocycles. The molecular formula is C16H34N3O2PS. The van der Waals surface area contributed by atoms with Gasteiger partial charge in [-0.25, -0.2) is 4.98 Å². The van der Waals surface area contributed by atoms with E-state index in [0.29, 0.717) is 13.9 Å². The zero-order valence-electron chi connectivity index (χ0n) is 15.7. The molecule has 0 aliphatic carbocycles. The largest absolute Gasteiger partial charge is 0.767 e. The maximum Gasteiger partial charge on any atom is 0.131 e. The fourth-order valence-corrected chi connectivity index (χ4v) is 4.00. The third-order valence-corrected chi connectivity index (χ3v) is 4.77. The summed E-state index contributed by atoms with van der Waals surface area (Å²) in [5, 5.41) is 0.655. The topological polar surface area (TPSA) is 61.2 Å². The van der Waals surface area contributed by atoms with Crippen LogP contribution in [-0.4, -0.2) is 41.2 Å². The van der Waals surface area contributed by atoms with E-state index in [-0.39, 0.29) is 5.03 Å². The van der Waals surface area contributed by atoms with Crippen molar-refractivity contribution in [3.63, 3.8) is 0 Å². The highest BCUT2D eigenvalue weighted by Gasteiger charge is 2.25. The Kier molecular flexibility index (Phi) is 11.2. The lowest BCUT2D eigenvalue weighted by molar-refractivity contribution is 0.534. The van der Waals surface area contributed by atoms with E-state index in [4.69, 9.17) is 0 Å². The highest BCUT2D eigenvalue weighted by Crippen LogP contribution is 2.36. The predicted octanol–water partition coefficient (Wildman–Crippen LogP) is 3.53. The Morgan fingerprint density at radius 1 is 1.26 bits per heavy atom. The molecule has 0 amide bonds. The van der Waals surface area contributed by atoms with Gasteiger partial charge in [0.1, 0.15) is 5.03 Å². The standard InChI is InChI=1S/C8H18NP.C4H6N2O2S.C4H10/c1-8(2,3)10-9-6-4-5-7-9;1-6-2-4(5-3-6)9(7)8;1-4(2)3/h10H,4-7H2,1-3H3;2-3H,1H3,(H,7,8);4H,1-3H3. The van der Waals surface area contributed by atoms with Crippen LogP contribution < -0.4 is 0 Å². The molecule has 0 N–H and O–H groups in total. The Morgan fingerprint density at radius 3 is 2.00 bits per heavy atom. The summed E-state index contributed by atoms with van der Waals surface area (Å²) in [6, 6.07) is 0. The zero-order valence-corrected chi connectivity index (χ0v) is 17.7. The first-order valence-corrected chi connectivity index (χ1v) is 10.4. The van der Waals surface area contributed by atoms with Crippen LogP contribution in [-0.2, 0) is 18.1 Å². The van der Waals surface area contributed by atoms with Gasteiger partial charge in [-0.05, 0) is 50.6 Å². The van der Waals surface area contributed by atoms with Crippen molar-refractivity contribution >= 4 is 19.8 Å². The highest BCUT2D eigenvalue weighted by atomic mass is 32.2. The van der Waals surface area contributed by atoms with E-state index in [1.807, 2.05) is 0 Å². The summed E-state index contributed by atoms with van der Waals surface area (Å²) in [6.45, 7) is 16.3. The Morgan fingerprint density at radius 2 is 1.74 bits per heavy atom. The second kappa shape index (κ2) is 11.3. The van der Waals surface area contributed by atoms with Crippen molar-refractivity contribution in [3.05, 3.63) is 12.5 Å². The summed E-state index contributed by atoms with van der Waals surface area (Å²) in [5.41, 5.74) is 0. The van der Waals surface area contributed by atoms with Gasteiger partial charge in [0.2, 0.25) is 0 Å². The van der Waals surface area contributed by atoms with Crippen molar-refractivity contribution < 1.29 is 8.76 Å². The normalized spacial score (nSPS) is 16.9. The van der Waals surface area contributed by atoms with Crippen molar-refractivity contribution in [1.82, 2.24) is 14.2 Å². The van der Waals surface area contributed by atoms with Crippen LogP contribution in [0.2, 0.25) is 0 Å². The molecule has 0 saturated carbocycles. The molecule has 2 atom stereocenters. The molecule has 0 aromatic carbocycles. The van der Waals surface area contributed by atoms with Gasteiger partial charge >= 0.3 is 0 Å². The molecule has 0 radical (unpaired) electrons. The van der Waals surface area contributed by atoms with E-state index >= 15 is 0 Å². The van der Waals surface area contributed by atoms with Gasteiger partial charge < -0.3 is 9.12 Å². The van der Waals surface area contributed by atoms with Gasteiger partial charge in [-0.3, -0.25) is 4.21 Å². The van der Waals surface area contributed by atoms with E-state index in [1.165, 1.54) is 38.5 Å². The fourth-order valence-electron chi connectivity index (χ4n) is 1.89. The van der Waals surface area contributed by atoms with Crippen molar-refractivity contribution in [3.8, 4) is 0 Å². The van der Waals surface area contributed by atoms with Gasteiger partial charge in [-0.15, -0.1) is 0 Å². The summed E-state index contributed by atoms with van der Waals surface area (Å²) in [7, 11) is 2.26. The van der Waals surface area contributed by atoms with Crippen molar-refractivity contribution in [2.24, 2.45) is 13.0 Å². The van der Waals surface area contributed by atoms with Crippen LogP contribution in [0.3, 0.4) is 0 Å². The number of rotatable bonds is 2. The first kappa shape index (κ1) is 22.7. The molecule has 23 heavy (non-hydrogen) atoms. The third kappa shape index (κ3) is 13.8. The highest BCUT2D eigenvalue weighted by molar-refractivity contribution is 7.79. The maximum absolute atomic E-state index is 10.1. The quantitative estimate of drug-likeness (QED) is 0.596. The molecule has 0 spiro atoms. The lowest BCUT2D eigenvalue weighted by Crippen LogP contribution is -2.17. The van der Waals surface area contributed by atoms with Gasteiger partial charge in [0.25, 0.3) is 0 Å². The summed E-state index contributed by atoms with van der Waals surface area (Å²) < 4.78 is 24.5. The van der Waals surface area contributed by atoms with Crippen LogP contribution in [0.1, 0.15) is 54.4 Å². The number of hydrogen-bond acceptors (Lipinski definition) is 4. The van der Waals surface area contributed by atoms with Crippen molar-refractivity contribution in [2.45, 2.75) is 64.6 Å². The number of hydrogen-bond donors (Lipinski definition) is 0. The summed E-state index contributed by atoms with van der Waals surface area (Å²) >= 11 is -2.19. The van der Waals surface area contributed by atoms with Crippen LogP contribution in [0.4, 0.5) is 0 Å². The van der Waals surface area contributed by atoms with E-state index in [9.17, 15) is 8.76 Å². The minimum Gasteiger partial charge on any atom is -0.767 e. The lowest BCUT2D eigenvalue weighted by atomic mass is 10.3. The molecule has 2 unspecified atom stereocenters. The summed E-state index contributed by atoms with van der Waals surface area (Å²) in [4.78, 5) is 3.57. The Balaban J connectivity index is 0.000000345. The maximum atomic E-state index is 10.1. The second-order valence-electron chi connectivity index (χ2n) is 7.58. The minimum absolute atomic E-state index is 0.0810. The summed E-state index contributed by atoms with van der Waals surface area (Å²) in [6.07, 6.45) is 5.74. The first-order valence-electron chi connectivity index (χ1n) is 8.18. The van der Waals surface area contributed by atoms with Gasteiger partial charge in [-0.1, -0.05) is 20.8 Å². The molecular weight excluding hydrogens is 329 g/mol. The number of aryl methyl sites for hydroxylation is 1. The van der Waals surface area contributed by atoms with Crippen molar-refractivity contribution in [1.29, 1.82) is 0 Å². The average Bonchev–Trinajstić information content (AvgIpc) is 2.98. The molecule has 1 aromatic heterocycles. The SMILES string of the molecule is CC(C)(C)[PH2+]N1CCCC1.CC(C)C.Cn1cnc(S(=O)[O-])c1. The molecule has 1 aromatic rings. The third-order valence-electron chi connectivity index (χ3n) is 2.56. The average molecular weight is 364 g/mol. The molecule has 1 fully saturated rings. The zero-order chi connectivity index (χ0) is 18.0. The van der Waals surface area contributed by atoms with Crippen LogP contribution in [0, 0.1) is 5.92 Å². The molecule has 2 heterocycles. The molecule has 1 aliphatic heterocycles. The van der Waals surface area contributed by atoms with Crippen molar-refractivity contribution in [2.75, 3.05) is 13.1 Å². The van der Waals surface area contributed by atoms with Gasteiger partial charge in [0, 0.05) is 26.3 Å². The van der Waals surface area contributed by atoms with Crippen LogP contribution >= 0.6 is 8.73 Å². The molecule has 136 valence electrons. The summed E-state index contributed by atoms with van der Waals surface area (Å²) in [5.74, 6) is 0.833. The molecule has 2 rings (SSSR count). The van der Waals surface area contributed by atoms with Crippen LogP contribution in [0.5, 0.6) is 0 Å². The van der Waals surface area contributed by atoms with E-state index in [0.717, 1.165) is 5.92 Å². The van der Waals surface area contributed by atoms with Gasteiger partial charge in [0.15, 0.2) is 0 Å². The molecule has 7 heteroatoms. The number of aromatic nitrogens is 2. The Hall–Kier alpha value is -0.290. The second-order valence-corrected chi connectivity index (χ2v) is 11.2. The van der Waals surface area contributed by atoms with E-state index < -0.39 is 11.1 Å². The van der Waals surface area contributed by atoms with E-state index in [2.05, 4.69) is 51.2 Å². The minimum atomic E-state index is -2.19. The van der Waals surface area contributed by atoms with E-state index in [1.54, 1.807) is 11.6 Å². The molecule has 1 aliphatic rings. The van der Waals surface area contributed by atoms with Crippen LogP contribution in [0.25, 0.3) is 0 Å². The number of nitrogens with zero attached hydrogens (tertiary/aromatic N) is 3. The lowest BCUT2D eigenvalue weighted by Gasteiger charge is -2.17. The van der Waals surface area contributed by atoms with Gasteiger partial charge in [0.05, 0.1) is 20.2 Å². The predicted molar refractivity (Wildman–Crippen MR) is 101 cm³/mol. The smallest absolute Gasteiger partial charge is 0.131 e. The van der Waals surface area contributed by atoms with Gasteiger partial charge in [-0.2, -0.15) is 4.67 Å². The number of imidazole rings is 1. The molecule has 0 bridgehead atoms. The first-order chi connectivity index (χ1) is 10.5. The Bertz CT molecular complexity index is 450.